The van der Waals surface area contributed by atoms with Crippen LogP contribution in [0.2, 0.25) is 5.02 Å². The molecule has 0 saturated carbocycles. The van der Waals surface area contributed by atoms with Gasteiger partial charge >= 0.3 is 18.4 Å². The highest BCUT2D eigenvalue weighted by Gasteiger charge is 2.43. The number of hydrogen-bond acceptors (Lipinski definition) is 8. The van der Waals surface area contributed by atoms with Crippen LogP contribution >= 0.6 is 11.6 Å². The van der Waals surface area contributed by atoms with Crippen LogP contribution in [0.15, 0.2) is 30.6 Å². The molecule has 9 nitrogen and oxygen atoms in total. The number of rotatable bonds is 6. The molecule has 16 heteroatoms. The average molecular weight is 574 g/mol. The van der Waals surface area contributed by atoms with Gasteiger partial charge in [0, 0.05) is 53.2 Å². The Morgan fingerprint density at radius 1 is 1.00 bits per heavy atom. The van der Waals surface area contributed by atoms with Crippen LogP contribution in [0.4, 0.5) is 32.3 Å². The molecule has 3 aromatic heterocycles. The molecule has 0 radical (unpaired) electrons. The van der Waals surface area contributed by atoms with Crippen LogP contribution in [0.3, 0.4) is 0 Å². The molecule has 0 bridgehead atoms. The molecule has 1 aromatic carbocycles. The molecule has 1 aliphatic heterocycles. The fraction of sp³-hybridized carbons (Fsp3) is 0.348. The van der Waals surface area contributed by atoms with Crippen molar-refractivity contribution in [2.45, 2.75) is 24.8 Å². The molecule has 1 unspecified atom stereocenters. The number of hydrogen-bond donors (Lipinski definition) is 1. The van der Waals surface area contributed by atoms with E-state index in [4.69, 9.17) is 21.1 Å². The van der Waals surface area contributed by atoms with E-state index in [0.717, 1.165) is 10.9 Å². The molecule has 4 aromatic rings. The fourth-order valence-electron chi connectivity index (χ4n) is 4.33. The standard InChI is InChI=1S/C23H18ClF6N7O2/c1-38-6-7-39-21-31-9-11(10-32-21)17-16-13(14-8-12(24)2-3-15(14)33-16)4-5-37(17)20-35-18(22(25,26)27)34-19(36-20)23(28,29)30/h2-3,8-10,17,33H,4-7H2,1H3. The van der Waals surface area contributed by atoms with Gasteiger partial charge in [0.05, 0.1) is 6.61 Å². The zero-order valence-electron chi connectivity index (χ0n) is 19.9. The zero-order valence-corrected chi connectivity index (χ0v) is 20.7. The minimum Gasteiger partial charge on any atom is -0.461 e. The Balaban J connectivity index is 1.65. The lowest BCUT2D eigenvalue weighted by Crippen LogP contribution is -2.38. The highest BCUT2D eigenvalue weighted by molar-refractivity contribution is 6.31. The van der Waals surface area contributed by atoms with E-state index in [1.54, 1.807) is 18.2 Å². The number of ether oxygens (including phenoxy) is 2. The topological polar surface area (TPSA) is 102 Å². The van der Waals surface area contributed by atoms with E-state index in [0.29, 0.717) is 21.8 Å². The molecule has 0 saturated heterocycles. The predicted molar refractivity (Wildman–Crippen MR) is 125 cm³/mol. The van der Waals surface area contributed by atoms with E-state index in [1.165, 1.54) is 24.4 Å². The van der Waals surface area contributed by atoms with Gasteiger partial charge in [0.1, 0.15) is 12.6 Å². The van der Waals surface area contributed by atoms with Crippen molar-refractivity contribution in [3.8, 4) is 6.01 Å². The number of fused-ring (bicyclic) bond motifs is 3. The molecule has 0 aliphatic carbocycles. The van der Waals surface area contributed by atoms with Crippen molar-refractivity contribution in [3.05, 3.63) is 64.1 Å². The summed E-state index contributed by atoms with van der Waals surface area (Å²) in [5, 5.41) is 1.23. The van der Waals surface area contributed by atoms with Gasteiger partial charge in [-0.15, -0.1) is 0 Å². The average Bonchev–Trinajstić information content (AvgIpc) is 3.25. The summed E-state index contributed by atoms with van der Waals surface area (Å²) < 4.78 is 91.3. The van der Waals surface area contributed by atoms with Crippen molar-refractivity contribution < 1.29 is 35.8 Å². The van der Waals surface area contributed by atoms with Crippen molar-refractivity contribution in [2.75, 3.05) is 31.8 Å². The minimum atomic E-state index is -5.24. The number of alkyl halides is 6. The molecule has 1 aliphatic rings. The van der Waals surface area contributed by atoms with Crippen molar-refractivity contribution in [3.63, 3.8) is 0 Å². The summed E-state index contributed by atoms with van der Waals surface area (Å²) in [6.07, 6.45) is -7.49. The Bertz CT molecular complexity index is 1460. The molecule has 0 amide bonds. The predicted octanol–water partition coefficient (Wildman–Crippen LogP) is 5.01. The van der Waals surface area contributed by atoms with Crippen molar-refractivity contribution >= 4 is 28.5 Å². The molecule has 5 rings (SSSR count). The van der Waals surface area contributed by atoms with Gasteiger partial charge in [0.2, 0.25) is 17.6 Å². The van der Waals surface area contributed by atoms with Gasteiger partial charge < -0.3 is 19.4 Å². The summed E-state index contributed by atoms with van der Waals surface area (Å²) in [6.45, 7) is 0.427. The first-order valence-corrected chi connectivity index (χ1v) is 11.7. The van der Waals surface area contributed by atoms with Gasteiger partial charge in [-0.25, -0.2) is 15.0 Å². The maximum atomic E-state index is 13.5. The SMILES string of the molecule is COCCOc1ncc(C2c3[nH]c4ccc(Cl)cc4c3CCN2c2nc(C(F)(F)F)nc(C(F)(F)F)n2)cn1. The number of H-pyrrole nitrogens is 1. The molecular formula is C23H18ClF6N7O2. The highest BCUT2D eigenvalue weighted by atomic mass is 35.5. The first kappa shape index (κ1) is 26.9. The van der Waals surface area contributed by atoms with E-state index >= 15 is 0 Å². The Kier molecular flexibility index (Phi) is 6.97. The molecule has 1 N–H and O–H groups in total. The van der Waals surface area contributed by atoms with Crippen LogP contribution in [0, 0.1) is 0 Å². The molecule has 0 fully saturated rings. The smallest absolute Gasteiger partial charge is 0.451 e. The summed E-state index contributed by atoms with van der Waals surface area (Å²) in [6, 6.07) is 4.16. The third-order valence-corrected chi connectivity index (χ3v) is 6.19. The summed E-state index contributed by atoms with van der Waals surface area (Å²) in [7, 11) is 1.49. The van der Waals surface area contributed by atoms with Crippen molar-refractivity contribution in [1.82, 2.24) is 29.9 Å². The van der Waals surface area contributed by atoms with Gasteiger partial charge in [-0.05, 0) is 30.2 Å². The minimum absolute atomic E-state index is 0.0145. The summed E-state index contributed by atoms with van der Waals surface area (Å²) in [5.74, 6) is -4.70. The van der Waals surface area contributed by atoms with E-state index in [9.17, 15) is 26.3 Å². The number of halogens is 7. The number of nitrogens with one attached hydrogen (secondary N) is 1. The Morgan fingerprint density at radius 3 is 2.28 bits per heavy atom. The molecule has 39 heavy (non-hydrogen) atoms. The lowest BCUT2D eigenvalue weighted by Gasteiger charge is -2.36. The lowest BCUT2D eigenvalue weighted by atomic mass is 9.94. The van der Waals surface area contributed by atoms with Crippen LogP contribution in [0.25, 0.3) is 10.9 Å². The largest absolute Gasteiger partial charge is 0.461 e. The third kappa shape index (κ3) is 5.41. The molecular weight excluding hydrogens is 556 g/mol. The number of methoxy groups -OCH3 is 1. The van der Waals surface area contributed by atoms with Gasteiger partial charge in [0.15, 0.2) is 0 Å². The molecule has 4 heterocycles. The molecule has 206 valence electrons. The Hall–Kier alpha value is -3.72. The monoisotopic (exact) mass is 573 g/mol. The van der Waals surface area contributed by atoms with Gasteiger partial charge in [0.25, 0.3) is 0 Å². The second-order valence-electron chi connectivity index (χ2n) is 8.47. The quantitative estimate of drug-likeness (QED) is 0.254. The zero-order chi connectivity index (χ0) is 27.9. The van der Waals surface area contributed by atoms with Gasteiger partial charge in [-0.2, -0.15) is 36.3 Å². The van der Waals surface area contributed by atoms with Crippen LogP contribution in [0.1, 0.15) is 34.5 Å². The van der Waals surface area contributed by atoms with E-state index in [-0.39, 0.29) is 32.2 Å². The maximum Gasteiger partial charge on any atom is 0.451 e. The molecule has 0 spiro atoms. The normalized spacial score (nSPS) is 16.0. The fourth-order valence-corrected chi connectivity index (χ4v) is 4.50. The van der Waals surface area contributed by atoms with Crippen LogP contribution < -0.4 is 9.64 Å². The van der Waals surface area contributed by atoms with E-state index < -0.39 is 36.0 Å². The Morgan fingerprint density at radius 2 is 1.67 bits per heavy atom. The number of benzene rings is 1. The maximum absolute atomic E-state index is 13.5. The van der Waals surface area contributed by atoms with Gasteiger partial charge in [-0.3, -0.25) is 0 Å². The van der Waals surface area contributed by atoms with Gasteiger partial charge in [-0.1, -0.05) is 11.6 Å². The van der Waals surface area contributed by atoms with E-state index in [1.807, 2.05) is 0 Å². The van der Waals surface area contributed by atoms with Crippen molar-refractivity contribution in [2.24, 2.45) is 0 Å². The van der Waals surface area contributed by atoms with Crippen molar-refractivity contribution in [1.29, 1.82) is 0 Å². The third-order valence-electron chi connectivity index (χ3n) is 5.96. The summed E-state index contributed by atoms with van der Waals surface area (Å²) in [4.78, 5) is 22.2. The molecule has 1 atom stereocenters. The number of anilines is 1. The van der Waals surface area contributed by atoms with Crippen LogP contribution in [-0.4, -0.2) is 56.8 Å². The first-order valence-electron chi connectivity index (χ1n) is 11.4. The lowest BCUT2D eigenvalue weighted by molar-refractivity contribution is -0.155. The number of nitrogens with zero attached hydrogens (tertiary/aromatic N) is 6. The van der Waals surface area contributed by atoms with E-state index in [2.05, 4.69) is 29.9 Å². The van der Waals surface area contributed by atoms with Crippen LogP contribution in [-0.2, 0) is 23.5 Å². The number of aromatic amines is 1. The summed E-state index contributed by atoms with van der Waals surface area (Å²) in [5.41, 5.74) is 2.31. The Labute approximate surface area is 221 Å². The highest BCUT2D eigenvalue weighted by Crippen LogP contribution is 2.41. The first-order chi connectivity index (χ1) is 18.5. The number of aromatic nitrogens is 6. The second-order valence-corrected chi connectivity index (χ2v) is 8.91. The second kappa shape index (κ2) is 10.1. The van der Waals surface area contributed by atoms with Crippen LogP contribution in [0.5, 0.6) is 6.01 Å². The summed E-state index contributed by atoms with van der Waals surface area (Å²) >= 11 is 6.18.